The molecule has 0 aliphatic heterocycles. The highest BCUT2D eigenvalue weighted by Crippen LogP contribution is 2.15. The number of hydrogen-bond acceptors (Lipinski definition) is 5. The molecule has 6 nitrogen and oxygen atoms in total. The third-order valence-electron chi connectivity index (χ3n) is 3.43. The Kier molecular flexibility index (Phi) is 6.22. The van der Waals surface area contributed by atoms with E-state index in [1.807, 2.05) is 25.1 Å². The second-order valence-electron chi connectivity index (χ2n) is 5.31. The first-order chi connectivity index (χ1) is 11.1. The van der Waals surface area contributed by atoms with E-state index in [2.05, 4.69) is 10.3 Å². The van der Waals surface area contributed by atoms with Crippen molar-refractivity contribution in [1.82, 2.24) is 9.99 Å². The molecule has 0 saturated carbocycles. The minimum absolute atomic E-state index is 0.155. The number of anilines is 1. The van der Waals surface area contributed by atoms with Gasteiger partial charge in [0.15, 0.2) is 0 Å². The summed E-state index contributed by atoms with van der Waals surface area (Å²) in [5.74, 6) is 5.77. The number of ether oxygens (including phenoxy) is 1. The summed E-state index contributed by atoms with van der Waals surface area (Å²) in [5, 5.41) is 4.51. The van der Waals surface area contributed by atoms with Gasteiger partial charge in [-0.05, 0) is 36.2 Å². The number of rotatable bonds is 7. The predicted octanol–water partition coefficient (Wildman–Crippen LogP) is 1.96. The summed E-state index contributed by atoms with van der Waals surface area (Å²) in [6.45, 7) is 3.65. The van der Waals surface area contributed by atoms with Gasteiger partial charge in [-0.3, -0.25) is 15.6 Å². The summed E-state index contributed by atoms with van der Waals surface area (Å²) in [6, 6.07) is 9.35. The molecule has 0 bridgehead atoms. The Morgan fingerprint density at radius 3 is 2.91 bits per heavy atom. The Hall–Kier alpha value is -2.28. The van der Waals surface area contributed by atoms with Gasteiger partial charge in [-0.25, -0.2) is 5.01 Å². The van der Waals surface area contributed by atoms with Crippen LogP contribution in [0.4, 0.5) is 5.69 Å². The molecule has 0 unspecified atom stereocenters. The van der Waals surface area contributed by atoms with Crippen LogP contribution in [0.1, 0.15) is 21.5 Å². The zero-order valence-corrected chi connectivity index (χ0v) is 13.5. The summed E-state index contributed by atoms with van der Waals surface area (Å²) < 4.78 is 5.01. The Labute approximate surface area is 136 Å². The second-order valence-corrected chi connectivity index (χ2v) is 5.31. The molecule has 2 rings (SSSR count). The molecule has 3 N–H and O–H groups in total. The maximum Gasteiger partial charge on any atom is 0.255 e. The highest BCUT2D eigenvalue weighted by atomic mass is 16.5. The number of aromatic nitrogens is 1. The lowest BCUT2D eigenvalue weighted by molar-refractivity contribution is 0.102. The molecule has 0 radical (unpaired) electrons. The third-order valence-corrected chi connectivity index (χ3v) is 3.43. The fourth-order valence-electron chi connectivity index (χ4n) is 2.17. The minimum atomic E-state index is -0.155. The highest BCUT2D eigenvalue weighted by molar-refractivity contribution is 6.05. The van der Waals surface area contributed by atoms with E-state index in [0.717, 1.165) is 11.1 Å². The molecule has 0 spiro atoms. The molecule has 6 heteroatoms. The fraction of sp³-hybridized carbons (Fsp3) is 0.294. The van der Waals surface area contributed by atoms with Crippen LogP contribution in [0.15, 0.2) is 42.7 Å². The van der Waals surface area contributed by atoms with Crippen LogP contribution >= 0.6 is 0 Å². The molecule has 1 aromatic heterocycles. The van der Waals surface area contributed by atoms with Crippen molar-refractivity contribution in [2.45, 2.75) is 13.5 Å². The molecule has 0 fully saturated rings. The molecule has 0 atom stereocenters. The van der Waals surface area contributed by atoms with Gasteiger partial charge in [0.1, 0.15) is 0 Å². The van der Waals surface area contributed by atoms with Crippen molar-refractivity contribution in [1.29, 1.82) is 0 Å². The number of nitrogens with two attached hydrogens (primary N) is 1. The lowest BCUT2D eigenvalue weighted by Crippen LogP contribution is -2.33. The first kappa shape index (κ1) is 17.1. The minimum Gasteiger partial charge on any atom is -0.383 e. The Bertz CT molecular complexity index is 646. The second kappa shape index (κ2) is 8.38. The van der Waals surface area contributed by atoms with Crippen LogP contribution in [-0.4, -0.2) is 36.2 Å². The van der Waals surface area contributed by atoms with E-state index < -0.39 is 0 Å². The number of hydrogen-bond donors (Lipinski definition) is 2. The zero-order chi connectivity index (χ0) is 16.7. The van der Waals surface area contributed by atoms with Crippen molar-refractivity contribution < 1.29 is 9.53 Å². The van der Waals surface area contributed by atoms with Crippen molar-refractivity contribution in [2.24, 2.45) is 5.84 Å². The molecule has 2 aromatic rings. The van der Waals surface area contributed by atoms with E-state index >= 15 is 0 Å². The van der Waals surface area contributed by atoms with Gasteiger partial charge >= 0.3 is 0 Å². The predicted molar refractivity (Wildman–Crippen MR) is 89.8 cm³/mol. The average Bonchev–Trinajstić information content (AvgIpc) is 2.55. The molecule has 1 aromatic carbocycles. The van der Waals surface area contributed by atoms with Crippen LogP contribution in [0.2, 0.25) is 0 Å². The summed E-state index contributed by atoms with van der Waals surface area (Å²) >= 11 is 0. The molecule has 0 saturated heterocycles. The molecule has 1 amide bonds. The van der Waals surface area contributed by atoms with E-state index in [0.29, 0.717) is 30.9 Å². The zero-order valence-electron chi connectivity index (χ0n) is 13.5. The van der Waals surface area contributed by atoms with Gasteiger partial charge < -0.3 is 10.1 Å². The van der Waals surface area contributed by atoms with Gasteiger partial charge in [0.25, 0.3) is 5.91 Å². The van der Waals surface area contributed by atoms with Gasteiger partial charge in [-0.2, -0.15) is 0 Å². The van der Waals surface area contributed by atoms with Crippen LogP contribution in [0.5, 0.6) is 0 Å². The van der Waals surface area contributed by atoms with Crippen LogP contribution < -0.4 is 11.2 Å². The van der Waals surface area contributed by atoms with Gasteiger partial charge in [0.2, 0.25) is 0 Å². The van der Waals surface area contributed by atoms with E-state index in [1.54, 1.807) is 36.6 Å². The molecular formula is C17H22N4O2. The summed E-state index contributed by atoms with van der Waals surface area (Å²) in [5.41, 5.74) is 3.19. The number of amides is 1. The van der Waals surface area contributed by atoms with Gasteiger partial charge in [0.05, 0.1) is 18.5 Å². The molecule has 0 aliphatic carbocycles. The largest absolute Gasteiger partial charge is 0.383 e. The number of aryl methyl sites for hydroxylation is 1. The van der Waals surface area contributed by atoms with Crippen molar-refractivity contribution in [3.63, 3.8) is 0 Å². The lowest BCUT2D eigenvalue weighted by atomic mass is 10.0. The number of hydrazine groups is 1. The molecule has 1 heterocycles. The Morgan fingerprint density at radius 2 is 2.22 bits per heavy atom. The Morgan fingerprint density at radius 1 is 1.39 bits per heavy atom. The smallest absolute Gasteiger partial charge is 0.255 e. The van der Waals surface area contributed by atoms with Crippen LogP contribution in [0, 0.1) is 6.92 Å². The van der Waals surface area contributed by atoms with Crippen molar-refractivity contribution in [3.05, 3.63) is 59.4 Å². The van der Waals surface area contributed by atoms with E-state index in [-0.39, 0.29) is 5.91 Å². The van der Waals surface area contributed by atoms with Crippen LogP contribution in [-0.2, 0) is 11.3 Å². The number of carbonyl (C=O) groups excluding carboxylic acids is 1. The Balaban J connectivity index is 2.09. The van der Waals surface area contributed by atoms with Crippen LogP contribution in [0.25, 0.3) is 0 Å². The monoisotopic (exact) mass is 314 g/mol. The summed E-state index contributed by atoms with van der Waals surface area (Å²) in [4.78, 5) is 16.4. The number of nitrogens with one attached hydrogen (secondary N) is 1. The molecular weight excluding hydrogens is 292 g/mol. The number of nitrogens with zero attached hydrogens (tertiary/aromatic N) is 2. The first-order valence-electron chi connectivity index (χ1n) is 7.39. The maximum atomic E-state index is 12.4. The molecule has 122 valence electrons. The van der Waals surface area contributed by atoms with Gasteiger partial charge in [0, 0.05) is 32.0 Å². The summed E-state index contributed by atoms with van der Waals surface area (Å²) in [6.07, 6.45) is 3.28. The van der Waals surface area contributed by atoms with E-state index in [1.165, 1.54) is 0 Å². The lowest BCUT2D eigenvalue weighted by Gasteiger charge is -2.17. The summed E-state index contributed by atoms with van der Waals surface area (Å²) in [7, 11) is 1.64. The number of benzene rings is 1. The highest BCUT2D eigenvalue weighted by Gasteiger charge is 2.11. The van der Waals surface area contributed by atoms with Crippen molar-refractivity contribution >= 4 is 11.6 Å². The standard InChI is InChI=1S/C17H22N4O2/c1-13-5-6-14(12-21(18)8-9-23-2)10-16(13)17(22)20-15-4-3-7-19-11-15/h3-7,10-11H,8-9,12,18H2,1-2H3,(H,20,22). The number of methoxy groups -OCH3 is 1. The average molecular weight is 314 g/mol. The van der Waals surface area contributed by atoms with Crippen molar-refractivity contribution in [2.75, 3.05) is 25.6 Å². The normalized spacial score (nSPS) is 10.8. The van der Waals surface area contributed by atoms with Crippen molar-refractivity contribution in [3.8, 4) is 0 Å². The quantitative estimate of drug-likeness (QED) is 0.603. The maximum absolute atomic E-state index is 12.4. The van der Waals surface area contributed by atoms with Crippen LogP contribution in [0.3, 0.4) is 0 Å². The van der Waals surface area contributed by atoms with Gasteiger partial charge in [-0.1, -0.05) is 12.1 Å². The molecule has 23 heavy (non-hydrogen) atoms. The number of pyridine rings is 1. The fourth-order valence-corrected chi connectivity index (χ4v) is 2.17. The molecule has 0 aliphatic rings. The van der Waals surface area contributed by atoms with E-state index in [4.69, 9.17) is 10.6 Å². The van der Waals surface area contributed by atoms with E-state index in [9.17, 15) is 4.79 Å². The van der Waals surface area contributed by atoms with Gasteiger partial charge in [-0.15, -0.1) is 0 Å². The topological polar surface area (TPSA) is 80.5 Å². The SMILES string of the molecule is COCCN(N)Cc1ccc(C)c(C(=O)Nc2cccnc2)c1. The third kappa shape index (κ3) is 5.14. The number of carbonyl (C=O) groups is 1. The first-order valence-corrected chi connectivity index (χ1v) is 7.39.